The molecular formula is C21H20Cl3N5O2S. The smallest absolute Gasteiger partial charge is 0.253 e. The van der Waals surface area contributed by atoms with Gasteiger partial charge in [-0.3, -0.25) is 9.59 Å². The third-order valence-electron chi connectivity index (χ3n) is 4.45. The third-order valence-corrected chi connectivity index (χ3v) is 6.30. The number of benzene rings is 2. The van der Waals surface area contributed by atoms with Crippen LogP contribution in [0.15, 0.2) is 47.6 Å². The van der Waals surface area contributed by atoms with E-state index >= 15 is 0 Å². The molecule has 2 N–H and O–H groups in total. The van der Waals surface area contributed by atoms with Crippen molar-refractivity contribution in [1.29, 1.82) is 0 Å². The molecule has 168 valence electrons. The van der Waals surface area contributed by atoms with Crippen LogP contribution in [0.4, 0.5) is 5.69 Å². The van der Waals surface area contributed by atoms with Crippen molar-refractivity contribution in [3.8, 4) is 0 Å². The van der Waals surface area contributed by atoms with Crippen LogP contribution < -0.4 is 10.6 Å². The summed E-state index contributed by atoms with van der Waals surface area (Å²) in [5, 5.41) is 15.8. The summed E-state index contributed by atoms with van der Waals surface area (Å²) < 4.78 is 1.85. The second-order valence-corrected chi connectivity index (χ2v) is 8.91. The highest BCUT2D eigenvalue weighted by atomic mass is 35.5. The normalized spacial score (nSPS) is 11.8. The van der Waals surface area contributed by atoms with Gasteiger partial charge in [0, 0.05) is 11.6 Å². The topological polar surface area (TPSA) is 88.9 Å². The van der Waals surface area contributed by atoms with Crippen LogP contribution in [0.2, 0.25) is 15.1 Å². The molecule has 0 bridgehead atoms. The number of rotatable bonds is 8. The second kappa shape index (κ2) is 11.0. The molecule has 0 aliphatic heterocycles. The van der Waals surface area contributed by atoms with Gasteiger partial charge in [-0.15, -0.1) is 10.2 Å². The molecule has 0 saturated carbocycles. The number of aromatic nitrogens is 3. The summed E-state index contributed by atoms with van der Waals surface area (Å²) in [4.78, 5) is 24.9. The van der Waals surface area contributed by atoms with Crippen molar-refractivity contribution in [3.05, 3.63) is 68.9 Å². The quantitative estimate of drug-likeness (QED) is 0.390. The molecule has 0 aliphatic rings. The molecule has 1 heterocycles. The van der Waals surface area contributed by atoms with Gasteiger partial charge in [-0.25, -0.2) is 0 Å². The Kier molecular flexibility index (Phi) is 8.42. The van der Waals surface area contributed by atoms with Gasteiger partial charge in [0.05, 0.1) is 33.1 Å². The van der Waals surface area contributed by atoms with Crippen molar-refractivity contribution in [2.75, 3.05) is 11.1 Å². The monoisotopic (exact) mass is 511 g/mol. The lowest BCUT2D eigenvalue weighted by Gasteiger charge is -2.15. The van der Waals surface area contributed by atoms with E-state index in [2.05, 4.69) is 20.8 Å². The zero-order valence-corrected chi connectivity index (χ0v) is 20.3. The van der Waals surface area contributed by atoms with E-state index in [9.17, 15) is 9.59 Å². The maximum atomic E-state index is 12.6. The maximum Gasteiger partial charge on any atom is 0.253 e. The van der Waals surface area contributed by atoms with Gasteiger partial charge in [-0.05, 0) is 44.2 Å². The number of thioether (sulfide) groups is 1. The minimum atomic E-state index is -0.415. The van der Waals surface area contributed by atoms with Crippen molar-refractivity contribution in [2.45, 2.75) is 31.6 Å². The van der Waals surface area contributed by atoms with Crippen molar-refractivity contribution in [1.82, 2.24) is 20.1 Å². The first-order chi connectivity index (χ1) is 15.3. The lowest BCUT2D eigenvalue weighted by atomic mass is 10.2. The number of hydrogen-bond acceptors (Lipinski definition) is 5. The van der Waals surface area contributed by atoms with Crippen molar-refractivity contribution in [3.63, 3.8) is 0 Å². The zero-order valence-electron chi connectivity index (χ0n) is 17.2. The average Bonchev–Trinajstić information content (AvgIpc) is 3.17. The first-order valence-electron chi connectivity index (χ1n) is 9.66. The predicted octanol–water partition coefficient (Wildman–Crippen LogP) is 5.48. The Morgan fingerprint density at radius 1 is 1.09 bits per heavy atom. The highest BCUT2D eigenvalue weighted by Crippen LogP contribution is 2.26. The summed E-state index contributed by atoms with van der Waals surface area (Å²) >= 11 is 19.3. The lowest BCUT2D eigenvalue weighted by Crippen LogP contribution is -2.29. The van der Waals surface area contributed by atoms with Crippen LogP contribution in [-0.2, 0) is 11.3 Å². The summed E-state index contributed by atoms with van der Waals surface area (Å²) in [6.07, 6.45) is 0. The Labute approximate surface area is 204 Å². The fraction of sp³-hybridized carbons (Fsp3) is 0.238. The fourth-order valence-electron chi connectivity index (χ4n) is 2.92. The highest BCUT2D eigenvalue weighted by molar-refractivity contribution is 7.99. The first-order valence-corrected chi connectivity index (χ1v) is 11.8. The van der Waals surface area contributed by atoms with Crippen molar-refractivity contribution >= 4 is 64.1 Å². The zero-order chi connectivity index (χ0) is 23.3. The van der Waals surface area contributed by atoms with E-state index in [-0.39, 0.29) is 17.6 Å². The molecule has 7 nitrogen and oxygen atoms in total. The van der Waals surface area contributed by atoms with Crippen LogP contribution in [0.3, 0.4) is 0 Å². The fourth-order valence-corrected chi connectivity index (χ4v) is 4.40. The van der Waals surface area contributed by atoms with Crippen LogP contribution in [0.5, 0.6) is 0 Å². The summed E-state index contributed by atoms with van der Waals surface area (Å²) in [6, 6.07) is 11.3. The van der Waals surface area contributed by atoms with E-state index in [4.69, 9.17) is 34.8 Å². The van der Waals surface area contributed by atoms with Crippen LogP contribution >= 0.6 is 46.6 Å². The Balaban J connectivity index is 1.64. The van der Waals surface area contributed by atoms with Gasteiger partial charge < -0.3 is 15.2 Å². The van der Waals surface area contributed by atoms with Gasteiger partial charge in [-0.1, -0.05) is 58.7 Å². The number of nitrogens with zero attached hydrogens (tertiary/aromatic N) is 3. The Bertz CT molecular complexity index is 1140. The number of nitrogens with one attached hydrogen (secondary N) is 2. The first kappa shape index (κ1) is 24.4. The van der Waals surface area contributed by atoms with Gasteiger partial charge in [0.1, 0.15) is 0 Å². The molecule has 32 heavy (non-hydrogen) atoms. The lowest BCUT2D eigenvalue weighted by molar-refractivity contribution is -0.113. The van der Waals surface area contributed by atoms with Crippen LogP contribution in [-0.4, -0.2) is 32.3 Å². The molecule has 0 saturated heterocycles. The minimum Gasteiger partial charge on any atom is -0.342 e. The van der Waals surface area contributed by atoms with Gasteiger partial charge >= 0.3 is 0 Å². The van der Waals surface area contributed by atoms with E-state index < -0.39 is 6.04 Å². The SMILES string of the molecule is CCn1c(SCC(=O)Nc2ccc(Cl)cc2Cl)nnc1[C@H](C)NC(=O)c1ccccc1Cl. The molecule has 2 amide bonds. The van der Waals surface area contributed by atoms with Crippen LogP contribution in [0, 0.1) is 0 Å². The third kappa shape index (κ3) is 5.95. The Morgan fingerprint density at radius 2 is 1.84 bits per heavy atom. The summed E-state index contributed by atoms with van der Waals surface area (Å²) in [6.45, 7) is 4.32. The molecular weight excluding hydrogens is 493 g/mol. The van der Waals surface area contributed by atoms with E-state index in [0.717, 1.165) is 0 Å². The minimum absolute atomic E-state index is 0.109. The second-order valence-electron chi connectivity index (χ2n) is 6.72. The molecule has 11 heteroatoms. The standard InChI is InChI=1S/C21H20Cl3N5O2S/c1-3-29-19(12(2)25-20(31)14-6-4-5-7-15(14)23)27-28-21(29)32-11-18(30)26-17-9-8-13(22)10-16(17)24/h4-10,12H,3,11H2,1-2H3,(H,25,31)(H,26,30)/t12-/m0/s1. The van der Waals surface area contributed by atoms with Gasteiger partial charge in [0.25, 0.3) is 5.91 Å². The number of carbonyl (C=O) groups excluding carboxylic acids is 2. The highest BCUT2D eigenvalue weighted by Gasteiger charge is 2.21. The maximum absolute atomic E-state index is 12.6. The molecule has 2 aromatic carbocycles. The number of halogens is 3. The average molecular weight is 513 g/mol. The number of carbonyl (C=O) groups is 2. The largest absolute Gasteiger partial charge is 0.342 e. The molecule has 3 rings (SSSR count). The Morgan fingerprint density at radius 3 is 2.53 bits per heavy atom. The van der Waals surface area contributed by atoms with Gasteiger partial charge in [-0.2, -0.15) is 0 Å². The molecule has 0 unspecified atom stereocenters. The van der Waals surface area contributed by atoms with E-state index in [1.54, 1.807) is 42.5 Å². The molecule has 0 radical (unpaired) electrons. The van der Waals surface area contributed by atoms with Crippen LogP contribution in [0.1, 0.15) is 36.1 Å². The molecule has 0 spiro atoms. The van der Waals surface area contributed by atoms with Crippen molar-refractivity contribution < 1.29 is 9.59 Å². The summed E-state index contributed by atoms with van der Waals surface area (Å²) in [5.74, 6) is 0.141. The number of anilines is 1. The molecule has 0 aliphatic carbocycles. The van der Waals surface area contributed by atoms with E-state index in [1.807, 2.05) is 18.4 Å². The Hall–Kier alpha value is -2.26. The predicted molar refractivity (Wildman–Crippen MR) is 129 cm³/mol. The molecule has 1 aromatic heterocycles. The van der Waals surface area contributed by atoms with E-state index in [0.29, 0.717) is 43.8 Å². The number of amides is 2. The summed E-state index contributed by atoms with van der Waals surface area (Å²) in [5.41, 5.74) is 0.867. The van der Waals surface area contributed by atoms with Crippen molar-refractivity contribution in [2.24, 2.45) is 0 Å². The summed E-state index contributed by atoms with van der Waals surface area (Å²) in [7, 11) is 0. The molecule has 0 fully saturated rings. The molecule has 3 aromatic rings. The number of hydrogen-bond donors (Lipinski definition) is 2. The van der Waals surface area contributed by atoms with Gasteiger partial charge in [0.2, 0.25) is 5.91 Å². The van der Waals surface area contributed by atoms with Gasteiger partial charge in [0.15, 0.2) is 11.0 Å². The van der Waals surface area contributed by atoms with E-state index in [1.165, 1.54) is 11.8 Å². The molecule has 1 atom stereocenters. The van der Waals surface area contributed by atoms with Crippen LogP contribution in [0.25, 0.3) is 0 Å².